The number of thiol groups is 1. The summed E-state index contributed by atoms with van der Waals surface area (Å²) in [6.45, 7) is 1.29. The summed E-state index contributed by atoms with van der Waals surface area (Å²) in [5.41, 5.74) is 0. The molecule has 0 aromatic heterocycles. The van der Waals surface area contributed by atoms with E-state index in [4.69, 9.17) is 5.11 Å². The standard InChI is InChI=1S/C5H9NO3S.Au/c1-2-4(7)6(10)3-5(8)9;/h10H,2-3H2,1H3,(H,8,9);. The number of hydrogen-bond donors (Lipinski definition) is 2. The Bertz CT molecular complexity index is 153. The summed E-state index contributed by atoms with van der Waals surface area (Å²) in [5.74, 6) is -1.34. The minimum atomic E-state index is -1.06. The number of rotatable bonds is 3. The summed E-state index contributed by atoms with van der Waals surface area (Å²) in [6.07, 6.45) is 0.275. The Kier molecular flexibility index (Phi) is 8.32. The third-order valence-corrected chi connectivity index (χ3v) is 1.24. The van der Waals surface area contributed by atoms with Gasteiger partial charge in [-0.2, -0.15) is 0 Å². The molecule has 0 saturated heterocycles. The number of aliphatic carboxylic acids is 1. The topological polar surface area (TPSA) is 57.6 Å². The minimum Gasteiger partial charge on any atom is -0.480 e. The van der Waals surface area contributed by atoms with Gasteiger partial charge in [-0.15, -0.1) is 0 Å². The van der Waals surface area contributed by atoms with Gasteiger partial charge in [-0.1, -0.05) is 19.7 Å². The Labute approximate surface area is 86.0 Å². The van der Waals surface area contributed by atoms with Crippen molar-refractivity contribution in [3.05, 3.63) is 0 Å². The molecular weight excluding hydrogens is 351 g/mol. The van der Waals surface area contributed by atoms with Crippen LogP contribution >= 0.6 is 12.8 Å². The van der Waals surface area contributed by atoms with Crippen molar-refractivity contribution >= 4 is 24.7 Å². The van der Waals surface area contributed by atoms with Crippen molar-refractivity contribution in [2.24, 2.45) is 0 Å². The van der Waals surface area contributed by atoms with Crippen LogP contribution in [0.3, 0.4) is 0 Å². The quantitative estimate of drug-likeness (QED) is 0.557. The van der Waals surface area contributed by atoms with Crippen LogP contribution in [0.5, 0.6) is 0 Å². The van der Waals surface area contributed by atoms with Crippen molar-refractivity contribution in [2.75, 3.05) is 6.54 Å². The van der Waals surface area contributed by atoms with Crippen LogP contribution in [0, 0.1) is 0 Å². The van der Waals surface area contributed by atoms with Crippen molar-refractivity contribution in [1.29, 1.82) is 0 Å². The van der Waals surface area contributed by atoms with E-state index in [9.17, 15) is 9.59 Å². The summed E-state index contributed by atoms with van der Waals surface area (Å²) in [5, 5.41) is 8.19. The monoisotopic (exact) mass is 360 g/mol. The first-order valence-corrected chi connectivity index (χ1v) is 3.19. The number of carbonyl (C=O) groups is 2. The molecule has 1 N–H and O–H groups in total. The Morgan fingerprint density at radius 1 is 1.55 bits per heavy atom. The molecule has 6 heteroatoms. The Morgan fingerprint density at radius 3 is 2.27 bits per heavy atom. The van der Waals surface area contributed by atoms with E-state index in [0.717, 1.165) is 4.31 Å². The summed E-state index contributed by atoms with van der Waals surface area (Å²) >= 11 is 3.65. The molecule has 1 amide bonds. The van der Waals surface area contributed by atoms with E-state index in [-0.39, 0.29) is 41.3 Å². The molecule has 0 aliphatic carbocycles. The van der Waals surface area contributed by atoms with Crippen LogP contribution < -0.4 is 0 Å². The zero-order valence-electron chi connectivity index (χ0n) is 5.87. The van der Waals surface area contributed by atoms with Crippen LogP contribution in [-0.2, 0) is 32.0 Å². The predicted molar refractivity (Wildman–Crippen MR) is 38.6 cm³/mol. The first-order chi connectivity index (χ1) is 4.57. The molecule has 1 radical (unpaired) electrons. The number of amides is 1. The molecule has 4 nitrogen and oxygen atoms in total. The van der Waals surface area contributed by atoms with Crippen LogP contribution in [0.25, 0.3) is 0 Å². The summed E-state index contributed by atoms with van der Waals surface area (Å²) in [7, 11) is 0. The molecule has 0 bridgehead atoms. The van der Waals surface area contributed by atoms with Crippen LogP contribution in [0.4, 0.5) is 0 Å². The van der Waals surface area contributed by atoms with E-state index in [1.165, 1.54) is 0 Å². The second-order valence-corrected chi connectivity index (χ2v) is 2.18. The molecule has 0 unspecified atom stereocenters. The van der Waals surface area contributed by atoms with Crippen molar-refractivity contribution in [3.63, 3.8) is 0 Å². The molecule has 0 saturated carbocycles. The Morgan fingerprint density at radius 2 is 2.00 bits per heavy atom. The smallest absolute Gasteiger partial charge is 0.324 e. The fraction of sp³-hybridized carbons (Fsp3) is 0.600. The molecular formula is C5H9AuNO3S. The third kappa shape index (κ3) is 6.43. The van der Waals surface area contributed by atoms with E-state index in [1.807, 2.05) is 0 Å². The summed E-state index contributed by atoms with van der Waals surface area (Å²) < 4.78 is 0.877. The fourth-order valence-corrected chi connectivity index (χ4v) is 0.661. The van der Waals surface area contributed by atoms with Gasteiger partial charge in [-0.3, -0.25) is 13.9 Å². The number of carboxylic acids is 1. The van der Waals surface area contributed by atoms with Gasteiger partial charge >= 0.3 is 5.97 Å². The molecule has 0 aromatic carbocycles. The molecule has 0 aliphatic heterocycles. The Hall–Kier alpha value is 0.0303. The number of nitrogens with zero attached hydrogens (tertiary/aromatic N) is 1. The summed E-state index contributed by atoms with van der Waals surface area (Å²) in [4.78, 5) is 20.6. The molecule has 0 aromatic rings. The van der Waals surface area contributed by atoms with Crippen LogP contribution in [0.15, 0.2) is 0 Å². The van der Waals surface area contributed by atoms with Crippen LogP contribution in [0.1, 0.15) is 13.3 Å². The van der Waals surface area contributed by atoms with E-state index in [1.54, 1.807) is 6.92 Å². The number of carbonyl (C=O) groups excluding carboxylic acids is 1. The van der Waals surface area contributed by atoms with Crippen molar-refractivity contribution < 1.29 is 37.1 Å². The van der Waals surface area contributed by atoms with Gasteiger partial charge < -0.3 is 5.11 Å². The van der Waals surface area contributed by atoms with Gasteiger partial charge in [0.1, 0.15) is 6.54 Å². The number of carboxylic acid groups (broad SMARTS) is 1. The number of hydrogen-bond acceptors (Lipinski definition) is 3. The molecule has 0 fully saturated rings. The SMILES string of the molecule is CCC(=O)N(S)CC(=O)O.[Au]. The van der Waals surface area contributed by atoms with E-state index >= 15 is 0 Å². The van der Waals surface area contributed by atoms with Crippen molar-refractivity contribution in [3.8, 4) is 0 Å². The van der Waals surface area contributed by atoms with Gasteiger partial charge in [0.05, 0.1) is 0 Å². The zero-order chi connectivity index (χ0) is 8.15. The normalized spacial score (nSPS) is 8.18. The minimum absolute atomic E-state index is 0. The first kappa shape index (κ1) is 13.6. The maximum Gasteiger partial charge on any atom is 0.324 e. The molecule has 69 valence electrons. The molecule has 0 atom stereocenters. The average Bonchev–Trinajstić information content (AvgIpc) is 1.85. The molecule has 0 rings (SSSR count). The van der Waals surface area contributed by atoms with Crippen molar-refractivity contribution in [1.82, 2.24) is 4.31 Å². The van der Waals surface area contributed by atoms with Gasteiger partial charge in [0.2, 0.25) is 5.91 Å². The molecule has 11 heavy (non-hydrogen) atoms. The summed E-state index contributed by atoms with van der Waals surface area (Å²) in [6, 6.07) is 0. The van der Waals surface area contributed by atoms with Gasteiger partial charge in [0, 0.05) is 28.8 Å². The second kappa shape index (κ2) is 6.72. The maximum atomic E-state index is 10.6. The average molecular weight is 360 g/mol. The molecule has 0 spiro atoms. The van der Waals surface area contributed by atoms with E-state index < -0.39 is 5.97 Å². The fourth-order valence-electron chi connectivity index (χ4n) is 0.399. The first-order valence-electron chi connectivity index (χ1n) is 2.79. The third-order valence-electron chi connectivity index (χ3n) is 0.875. The second-order valence-electron chi connectivity index (χ2n) is 1.70. The van der Waals surface area contributed by atoms with Crippen LogP contribution in [0.2, 0.25) is 0 Å². The molecule has 0 heterocycles. The zero-order valence-corrected chi connectivity index (χ0v) is 8.93. The van der Waals surface area contributed by atoms with E-state index in [0.29, 0.717) is 0 Å². The van der Waals surface area contributed by atoms with E-state index in [2.05, 4.69) is 12.8 Å². The van der Waals surface area contributed by atoms with Crippen LogP contribution in [-0.4, -0.2) is 27.8 Å². The molecule has 0 aliphatic rings. The maximum absolute atomic E-state index is 10.6. The van der Waals surface area contributed by atoms with Gasteiger partial charge in [0.15, 0.2) is 0 Å². The Balaban J connectivity index is 0. The van der Waals surface area contributed by atoms with Gasteiger partial charge in [-0.25, -0.2) is 0 Å². The van der Waals surface area contributed by atoms with Crippen molar-refractivity contribution in [2.45, 2.75) is 13.3 Å². The van der Waals surface area contributed by atoms with Gasteiger partial charge in [0.25, 0.3) is 0 Å². The predicted octanol–water partition coefficient (Wildman–Crippen LogP) is 0.152. The van der Waals surface area contributed by atoms with Gasteiger partial charge in [-0.05, 0) is 0 Å². The largest absolute Gasteiger partial charge is 0.480 e.